The van der Waals surface area contributed by atoms with Gasteiger partial charge in [0.15, 0.2) is 17.3 Å². The number of rotatable bonds is 3. The largest absolute Gasteiger partial charge is 0.452 e. The first-order chi connectivity index (χ1) is 8.63. The molecule has 0 unspecified atom stereocenters. The van der Waals surface area contributed by atoms with Gasteiger partial charge in [-0.05, 0) is 24.6 Å². The second kappa shape index (κ2) is 5.38. The van der Waals surface area contributed by atoms with Gasteiger partial charge in [0.05, 0.1) is 11.6 Å². The van der Waals surface area contributed by atoms with Crippen LogP contribution in [0.2, 0.25) is 5.02 Å². The van der Waals surface area contributed by atoms with Gasteiger partial charge in [-0.2, -0.15) is 0 Å². The minimum absolute atomic E-state index is 0.0952. The van der Waals surface area contributed by atoms with Crippen LogP contribution >= 0.6 is 11.6 Å². The van der Waals surface area contributed by atoms with Crippen molar-refractivity contribution in [1.29, 1.82) is 0 Å². The zero-order chi connectivity index (χ0) is 13.1. The lowest BCUT2D eigenvalue weighted by Crippen LogP contribution is -1.95. The van der Waals surface area contributed by atoms with Gasteiger partial charge in [-0.15, -0.1) is 0 Å². The van der Waals surface area contributed by atoms with E-state index in [9.17, 15) is 9.50 Å². The molecule has 0 heterocycles. The quantitative estimate of drug-likeness (QED) is 0.907. The minimum Gasteiger partial charge on any atom is -0.452 e. The molecule has 0 saturated heterocycles. The van der Waals surface area contributed by atoms with E-state index in [2.05, 4.69) is 0 Å². The van der Waals surface area contributed by atoms with E-state index in [1.165, 1.54) is 6.07 Å². The molecule has 0 fully saturated rings. The van der Waals surface area contributed by atoms with E-state index in [4.69, 9.17) is 16.3 Å². The molecule has 0 atom stereocenters. The Bertz CT molecular complexity index is 570. The standard InChI is InChI=1S/C14H12ClFO2/c1-9-4-2-7-12(13(9)16)18-14-10(8-17)5-3-6-11(14)15/h2-7,17H,8H2,1H3. The van der Waals surface area contributed by atoms with Crippen molar-refractivity contribution in [3.8, 4) is 11.5 Å². The Morgan fingerprint density at radius 2 is 1.94 bits per heavy atom. The van der Waals surface area contributed by atoms with Crippen molar-refractivity contribution in [2.45, 2.75) is 13.5 Å². The van der Waals surface area contributed by atoms with E-state index in [1.807, 2.05) is 0 Å². The maximum atomic E-state index is 13.8. The Morgan fingerprint density at radius 1 is 1.22 bits per heavy atom. The van der Waals surface area contributed by atoms with Crippen LogP contribution in [0.25, 0.3) is 0 Å². The topological polar surface area (TPSA) is 29.5 Å². The highest BCUT2D eigenvalue weighted by Gasteiger charge is 2.12. The smallest absolute Gasteiger partial charge is 0.168 e. The fourth-order valence-electron chi connectivity index (χ4n) is 1.60. The molecule has 0 radical (unpaired) electrons. The van der Waals surface area contributed by atoms with Crippen molar-refractivity contribution >= 4 is 11.6 Å². The molecule has 0 saturated carbocycles. The van der Waals surface area contributed by atoms with Crippen LogP contribution < -0.4 is 4.74 Å². The number of ether oxygens (including phenoxy) is 1. The van der Waals surface area contributed by atoms with Crippen molar-refractivity contribution in [2.75, 3.05) is 0 Å². The van der Waals surface area contributed by atoms with Gasteiger partial charge in [0, 0.05) is 5.56 Å². The van der Waals surface area contributed by atoms with E-state index in [0.717, 1.165) is 0 Å². The molecular formula is C14H12ClFO2. The number of hydrogen-bond donors (Lipinski definition) is 1. The van der Waals surface area contributed by atoms with Gasteiger partial charge in [-0.3, -0.25) is 0 Å². The molecule has 4 heteroatoms. The Labute approximate surface area is 110 Å². The molecule has 0 aliphatic rings. The molecule has 94 valence electrons. The molecule has 0 aliphatic heterocycles. The monoisotopic (exact) mass is 266 g/mol. The number of aliphatic hydroxyl groups is 1. The number of hydrogen-bond acceptors (Lipinski definition) is 2. The third-order valence-corrected chi connectivity index (χ3v) is 2.88. The van der Waals surface area contributed by atoms with Crippen LogP contribution in [0.1, 0.15) is 11.1 Å². The van der Waals surface area contributed by atoms with Crippen molar-refractivity contribution in [3.05, 3.63) is 58.4 Å². The molecule has 0 aromatic heterocycles. The Kier molecular flexibility index (Phi) is 3.84. The molecule has 2 rings (SSSR count). The number of halogens is 2. The second-order valence-corrected chi connectivity index (χ2v) is 4.28. The zero-order valence-electron chi connectivity index (χ0n) is 9.78. The molecule has 0 bridgehead atoms. The summed E-state index contributed by atoms with van der Waals surface area (Å²) >= 11 is 5.99. The summed E-state index contributed by atoms with van der Waals surface area (Å²) in [6.07, 6.45) is 0. The molecule has 2 aromatic carbocycles. The molecule has 0 spiro atoms. The number of aryl methyl sites for hydroxylation is 1. The van der Waals surface area contributed by atoms with Crippen molar-refractivity contribution in [1.82, 2.24) is 0 Å². The maximum Gasteiger partial charge on any atom is 0.168 e. The van der Waals surface area contributed by atoms with Crippen LogP contribution in [0, 0.1) is 12.7 Å². The first-order valence-electron chi connectivity index (χ1n) is 5.44. The molecule has 18 heavy (non-hydrogen) atoms. The third-order valence-electron chi connectivity index (χ3n) is 2.59. The average Bonchev–Trinajstić information content (AvgIpc) is 2.37. The lowest BCUT2D eigenvalue weighted by Gasteiger charge is -2.12. The number of benzene rings is 2. The van der Waals surface area contributed by atoms with Gasteiger partial charge in [0.25, 0.3) is 0 Å². The van der Waals surface area contributed by atoms with Crippen LogP contribution in [-0.4, -0.2) is 5.11 Å². The van der Waals surface area contributed by atoms with Crippen molar-refractivity contribution in [2.24, 2.45) is 0 Å². The summed E-state index contributed by atoms with van der Waals surface area (Å²) in [5.41, 5.74) is 1.01. The van der Waals surface area contributed by atoms with E-state index >= 15 is 0 Å². The van der Waals surface area contributed by atoms with Gasteiger partial charge in [-0.25, -0.2) is 4.39 Å². The van der Waals surface area contributed by atoms with E-state index in [0.29, 0.717) is 16.1 Å². The van der Waals surface area contributed by atoms with E-state index in [-0.39, 0.29) is 18.1 Å². The molecule has 0 amide bonds. The van der Waals surface area contributed by atoms with Gasteiger partial charge < -0.3 is 9.84 Å². The average molecular weight is 267 g/mol. The minimum atomic E-state index is -0.429. The van der Waals surface area contributed by atoms with Crippen LogP contribution in [0.3, 0.4) is 0 Å². The Balaban J connectivity index is 2.43. The van der Waals surface area contributed by atoms with Crippen LogP contribution in [0.4, 0.5) is 4.39 Å². The number of aliphatic hydroxyl groups excluding tert-OH is 1. The highest BCUT2D eigenvalue weighted by molar-refractivity contribution is 6.32. The normalized spacial score (nSPS) is 10.4. The SMILES string of the molecule is Cc1cccc(Oc2c(Cl)cccc2CO)c1F. The van der Waals surface area contributed by atoms with Crippen LogP contribution in [-0.2, 0) is 6.61 Å². The van der Waals surface area contributed by atoms with Gasteiger partial charge in [-0.1, -0.05) is 35.9 Å². The lowest BCUT2D eigenvalue weighted by atomic mass is 10.2. The van der Waals surface area contributed by atoms with Crippen LogP contribution in [0.5, 0.6) is 11.5 Å². The van der Waals surface area contributed by atoms with E-state index < -0.39 is 5.82 Å². The van der Waals surface area contributed by atoms with E-state index in [1.54, 1.807) is 37.3 Å². The summed E-state index contributed by atoms with van der Waals surface area (Å²) < 4.78 is 19.3. The summed E-state index contributed by atoms with van der Waals surface area (Å²) in [6.45, 7) is 1.44. The van der Waals surface area contributed by atoms with Gasteiger partial charge in [0.2, 0.25) is 0 Å². The summed E-state index contributed by atoms with van der Waals surface area (Å²) in [7, 11) is 0. The van der Waals surface area contributed by atoms with Crippen molar-refractivity contribution in [3.63, 3.8) is 0 Å². The first-order valence-corrected chi connectivity index (χ1v) is 5.82. The van der Waals surface area contributed by atoms with Crippen molar-refractivity contribution < 1.29 is 14.2 Å². The zero-order valence-corrected chi connectivity index (χ0v) is 10.5. The number of para-hydroxylation sites is 1. The highest BCUT2D eigenvalue weighted by Crippen LogP contribution is 2.34. The fourth-order valence-corrected chi connectivity index (χ4v) is 1.83. The summed E-state index contributed by atoms with van der Waals surface area (Å²) in [5, 5.41) is 9.55. The molecule has 1 N–H and O–H groups in total. The third kappa shape index (κ3) is 2.47. The van der Waals surface area contributed by atoms with Gasteiger partial charge in [0.1, 0.15) is 0 Å². The summed E-state index contributed by atoms with van der Waals surface area (Å²) in [6, 6.07) is 9.88. The fraction of sp³-hybridized carbons (Fsp3) is 0.143. The molecular weight excluding hydrogens is 255 g/mol. The summed E-state index contributed by atoms with van der Waals surface area (Å²) in [5.74, 6) is -0.0507. The molecule has 2 nitrogen and oxygen atoms in total. The maximum absolute atomic E-state index is 13.8. The Hall–Kier alpha value is -1.58. The lowest BCUT2D eigenvalue weighted by molar-refractivity contribution is 0.276. The Morgan fingerprint density at radius 3 is 2.67 bits per heavy atom. The molecule has 2 aromatic rings. The predicted molar refractivity (Wildman–Crippen MR) is 68.6 cm³/mol. The second-order valence-electron chi connectivity index (χ2n) is 3.88. The predicted octanol–water partition coefficient (Wildman–Crippen LogP) is 4.07. The van der Waals surface area contributed by atoms with Crippen LogP contribution in [0.15, 0.2) is 36.4 Å². The highest BCUT2D eigenvalue weighted by atomic mass is 35.5. The molecule has 0 aliphatic carbocycles. The summed E-state index contributed by atoms with van der Waals surface area (Å²) in [4.78, 5) is 0. The first kappa shape index (κ1) is 12.9. The van der Waals surface area contributed by atoms with Gasteiger partial charge >= 0.3 is 0 Å².